The molecule has 0 atom stereocenters. The number of nitrogens with one attached hydrogen (secondary N) is 1. The Morgan fingerprint density at radius 3 is 2.49 bits per heavy atom. The lowest BCUT2D eigenvalue weighted by atomic mass is 10.1. The Balaban J connectivity index is 1.46. The number of nitrogens with zero attached hydrogens (tertiary/aromatic N) is 6. The molecule has 1 aromatic heterocycles. The van der Waals surface area contributed by atoms with Crippen LogP contribution in [-0.4, -0.2) is 75.2 Å². The van der Waals surface area contributed by atoms with Crippen LogP contribution in [0, 0.1) is 5.82 Å². The highest BCUT2D eigenvalue weighted by Crippen LogP contribution is 2.39. The SMILES string of the molecule is COc1cc(N2CCN(C)CC2)ccc1Nc1ncc2c(n1)N(C)c1ccc(F)cc1C(=O)N2C. The molecule has 0 saturated carbocycles. The molecule has 2 aromatic carbocycles. The van der Waals surface area contributed by atoms with Crippen LogP contribution in [0.1, 0.15) is 10.4 Å². The Hall–Kier alpha value is -3.92. The summed E-state index contributed by atoms with van der Waals surface area (Å²) in [6, 6.07) is 10.2. The first-order chi connectivity index (χ1) is 16.9. The summed E-state index contributed by atoms with van der Waals surface area (Å²) >= 11 is 0. The minimum absolute atomic E-state index is 0.267. The topological polar surface area (TPSA) is 77.1 Å². The summed E-state index contributed by atoms with van der Waals surface area (Å²) in [6.07, 6.45) is 1.59. The van der Waals surface area contributed by atoms with E-state index in [9.17, 15) is 9.18 Å². The summed E-state index contributed by atoms with van der Waals surface area (Å²) in [6.45, 7) is 3.96. The molecule has 9 nitrogen and oxygen atoms in total. The molecule has 1 fully saturated rings. The average molecular weight is 478 g/mol. The van der Waals surface area contributed by atoms with E-state index in [1.165, 1.54) is 17.0 Å². The summed E-state index contributed by atoms with van der Waals surface area (Å²) in [5.74, 6) is 0.770. The van der Waals surface area contributed by atoms with E-state index < -0.39 is 5.82 Å². The lowest BCUT2D eigenvalue weighted by Crippen LogP contribution is -2.44. The van der Waals surface area contributed by atoms with E-state index in [0.29, 0.717) is 28.9 Å². The summed E-state index contributed by atoms with van der Waals surface area (Å²) < 4.78 is 19.5. The first-order valence-corrected chi connectivity index (χ1v) is 11.4. The van der Waals surface area contributed by atoms with E-state index in [-0.39, 0.29) is 11.5 Å². The van der Waals surface area contributed by atoms with Gasteiger partial charge in [0.1, 0.15) is 17.3 Å². The zero-order valence-corrected chi connectivity index (χ0v) is 20.2. The predicted molar refractivity (Wildman–Crippen MR) is 135 cm³/mol. The second-order valence-corrected chi connectivity index (χ2v) is 8.79. The molecule has 10 heteroatoms. The molecule has 0 unspecified atom stereocenters. The smallest absolute Gasteiger partial charge is 0.260 e. The van der Waals surface area contributed by atoms with Gasteiger partial charge in [-0.05, 0) is 37.4 Å². The Morgan fingerprint density at radius 2 is 1.74 bits per heavy atom. The highest BCUT2D eigenvalue weighted by molar-refractivity contribution is 6.13. The Bertz CT molecular complexity index is 1280. The summed E-state index contributed by atoms with van der Waals surface area (Å²) in [5.41, 5.74) is 3.20. The molecule has 3 aromatic rings. The van der Waals surface area contributed by atoms with Crippen molar-refractivity contribution in [3.8, 4) is 5.75 Å². The Labute approximate surface area is 203 Å². The lowest BCUT2D eigenvalue weighted by molar-refractivity contribution is 0.0994. The van der Waals surface area contributed by atoms with Crippen LogP contribution in [0.4, 0.5) is 38.9 Å². The van der Waals surface area contributed by atoms with Gasteiger partial charge in [0, 0.05) is 52.0 Å². The third-order valence-corrected chi connectivity index (χ3v) is 6.58. The fraction of sp³-hybridized carbons (Fsp3) is 0.320. The Kier molecular flexibility index (Phi) is 5.89. The number of methoxy groups -OCH3 is 1. The molecule has 35 heavy (non-hydrogen) atoms. The van der Waals surface area contributed by atoms with Crippen LogP contribution >= 0.6 is 0 Å². The minimum atomic E-state index is -0.467. The van der Waals surface area contributed by atoms with Crippen molar-refractivity contribution in [2.45, 2.75) is 0 Å². The van der Waals surface area contributed by atoms with Crippen LogP contribution in [0.2, 0.25) is 0 Å². The number of rotatable bonds is 4. The zero-order valence-electron chi connectivity index (χ0n) is 20.2. The third kappa shape index (κ3) is 4.21. The third-order valence-electron chi connectivity index (χ3n) is 6.58. The molecular formula is C25H28FN7O2. The monoisotopic (exact) mass is 477 g/mol. The average Bonchev–Trinajstić information content (AvgIpc) is 2.94. The van der Waals surface area contributed by atoms with Crippen molar-refractivity contribution in [1.82, 2.24) is 14.9 Å². The molecular weight excluding hydrogens is 449 g/mol. The van der Waals surface area contributed by atoms with E-state index in [2.05, 4.69) is 33.2 Å². The van der Waals surface area contributed by atoms with Crippen molar-refractivity contribution in [3.63, 3.8) is 0 Å². The maximum atomic E-state index is 13.9. The van der Waals surface area contributed by atoms with Gasteiger partial charge >= 0.3 is 0 Å². The van der Waals surface area contributed by atoms with Gasteiger partial charge in [0.2, 0.25) is 5.95 Å². The fourth-order valence-electron chi connectivity index (χ4n) is 4.45. The molecule has 2 aliphatic rings. The molecule has 5 rings (SSSR count). The number of halogens is 1. The molecule has 0 aliphatic carbocycles. The standard InChI is InChI=1S/C25H28FN7O2/c1-30-9-11-33(12-10-30)17-6-7-19(22(14-17)35-4)28-25-27-15-21-23(29-25)31(2)20-8-5-16(26)13-18(20)24(34)32(21)3/h5-8,13-15H,9-12H2,1-4H3,(H,27,28,29). The number of hydrogen-bond acceptors (Lipinski definition) is 8. The van der Waals surface area contributed by atoms with E-state index in [1.807, 2.05) is 12.1 Å². The number of anilines is 6. The molecule has 1 saturated heterocycles. The molecule has 182 valence electrons. The number of likely N-dealkylation sites (N-methyl/N-ethyl adjacent to an activating group) is 1. The second kappa shape index (κ2) is 9.03. The largest absolute Gasteiger partial charge is 0.494 e. The summed E-state index contributed by atoms with van der Waals surface area (Å²) in [4.78, 5) is 30.0. The number of fused-ring (bicyclic) bond motifs is 2. The van der Waals surface area contributed by atoms with E-state index in [4.69, 9.17) is 9.72 Å². The molecule has 1 amide bonds. The van der Waals surface area contributed by atoms with Crippen LogP contribution in [0.15, 0.2) is 42.6 Å². The van der Waals surface area contributed by atoms with E-state index in [0.717, 1.165) is 37.6 Å². The van der Waals surface area contributed by atoms with Crippen LogP contribution in [0.5, 0.6) is 5.75 Å². The molecule has 0 spiro atoms. The van der Waals surface area contributed by atoms with Crippen LogP contribution < -0.4 is 24.8 Å². The quantitative estimate of drug-likeness (QED) is 0.612. The maximum absolute atomic E-state index is 13.9. The summed E-state index contributed by atoms with van der Waals surface area (Å²) in [5, 5.41) is 3.25. The number of benzene rings is 2. The summed E-state index contributed by atoms with van der Waals surface area (Å²) in [7, 11) is 7.19. The van der Waals surface area contributed by atoms with Gasteiger partial charge in [-0.3, -0.25) is 4.79 Å². The predicted octanol–water partition coefficient (Wildman–Crippen LogP) is 3.48. The normalized spacial score (nSPS) is 16.0. The molecule has 3 heterocycles. The molecule has 1 N–H and O–H groups in total. The van der Waals surface area contributed by atoms with Gasteiger partial charge in [-0.25, -0.2) is 9.37 Å². The molecule has 0 bridgehead atoms. The second-order valence-electron chi connectivity index (χ2n) is 8.79. The van der Waals surface area contributed by atoms with Gasteiger partial charge < -0.3 is 29.7 Å². The minimum Gasteiger partial charge on any atom is -0.494 e. The number of hydrogen-bond donors (Lipinski definition) is 1. The Morgan fingerprint density at radius 1 is 0.971 bits per heavy atom. The first kappa shape index (κ1) is 22.9. The van der Waals surface area contributed by atoms with Crippen LogP contribution in [0.3, 0.4) is 0 Å². The number of amides is 1. The zero-order chi connectivity index (χ0) is 24.7. The van der Waals surface area contributed by atoms with Crippen molar-refractivity contribution in [2.24, 2.45) is 0 Å². The molecule has 2 aliphatic heterocycles. The van der Waals surface area contributed by atoms with Crippen molar-refractivity contribution < 1.29 is 13.9 Å². The van der Waals surface area contributed by atoms with Crippen LogP contribution in [0.25, 0.3) is 0 Å². The number of aromatic nitrogens is 2. The highest BCUT2D eigenvalue weighted by atomic mass is 19.1. The fourth-order valence-corrected chi connectivity index (χ4v) is 4.45. The number of carbonyl (C=O) groups is 1. The first-order valence-electron chi connectivity index (χ1n) is 11.4. The van der Waals surface area contributed by atoms with E-state index >= 15 is 0 Å². The van der Waals surface area contributed by atoms with E-state index in [1.54, 1.807) is 38.4 Å². The van der Waals surface area contributed by atoms with Crippen LogP contribution in [-0.2, 0) is 0 Å². The van der Waals surface area contributed by atoms with Gasteiger partial charge in [0.25, 0.3) is 5.91 Å². The maximum Gasteiger partial charge on any atom is 0.260 e. The van der Waals surface area contributed by atoms with Crippen molar-refractivity contribution in [3.05, 3.63) is 54.0 Å². The number of ether oxygens (including phenoxy) is 1. The van der Waals surface area contributed by atoms with Crippen molar-refractivity contribution >= 4 is 40.4 Å². The number of piperazine rings is 1. The van der Waals surface area contributed by atoms with Gasteiger partial charge in [-0.1, -0.05) is 0 Å². The number of carbonyl (C=O) groups excluding carboxylic acids is 1. The van der Waals surface area contributed by atoms with Crippen molar-refractivity contribution in [2.75, 3.05) is 74.4 Å². The van der Waals surface area contributed by atoms with Crippen molar-refractivity contribution in [1.29, 1.82) is 0 Å². The highest BCUT2D eigenvalue weighted by Gasteiger charge is 2.29. The molecule has 0 radical (unpaired) electrons. The van der Waals surface area contributed by atoms with Gasteiger partial charge in [-0.15, -0.1) is 0 Å². The van der Waals surface area contributed by atoms with Gasteiger partial charge in [0.05, 0.1) is 30.2 Å². The van der Waals surface area contributed by atoms with Gasteiger partial charge in [0.15, 0.2) is 5.82 Å². The lowest BCUT2D eigenvalue weighted by Gasteiger charge is -2.34. The van der Waals surface area contributed by atoms with Gasteiger partial charge in [-0.2, -0.15) is 4.98 Å².